The summed E-state index contributed by atoms with van der Waals surface area (Å²) in [5, 5.41) is 3.31. The molecule has 0 unspecified atom stereocenters. The first-order chi connectivity index (χ1) is 15.3. The molecule has 166 valence electrons. The minimum Gasteiger partial charge on any atom is -0.344 e. The number of nitrogens with zero attached hydrogens (tertiary/aromatic N) is 1. The van der Waals surface area contributed by atoms with Crippen LogP contribution in [0.3, 0.4) is 0 Å². The Balaban J connectivity index is 1.26. The molecule has 0 radical (unpaired) electrons. The van der Waals surface area contributed by atoms with Crippen LogP contribution in [0, 0.1) is 11.8 Å². The van der Waals surface area contributed by atoms with E-state index >= 15 is 0 Å². The topological polar surface area (TPSA) is 74.8 Å². The van der Waals surface area contributed by atoms with E-state index in [9.17, 15) is 22.8 Å². The van der Waals surface area contributed by atoms with Gasteiger partial charge in [-0.2, -0.15) is 13.2 Å². The van der Waals surface area contributed by atoms with Gasteiger partial charge in [-0.1, -0.05) is 17.9 Å². The number of alkyl halides is 3. The average molecular weight is 478 g/mol. The predicted octanol–water partition coefficient (Wildman–Crippen LogP) is 3.89. The van der Waals surface area contributed by atoms with Crippen LogP contribution in [0.2, 0.25) is 0 Å². The van der Waals surface area contributed by atoms with E-state index < -0.39 is 11.7 Å². The third kappa shape index (κ3) is 5.16. The number of hydrogen-bond donors (Lipinski definition) is 2. The number of aryl methyl sites for hydroxylation is 2. The number of rotatable bonds is 5. The fourth-order valence-electron chi connectivity index (χ4n) is 3.47. The fraction of sp³-hybridized carbons (Fsp3) is 0.318. The van der Waals surface area contributed by atoms with Crippen LogP contribution < -0.4 is 10.9 Å². The molecule has 3 aromatic rings. The van der Waals surface area contributed by atoms with Crippen LogP contribution in [-0.4, -0.2) is 28.2 Å². The molecular formula is C22H18F3N3O2S2. The van der Waals surface area contributed by atoms with Crippen molar-refractivity contribution in [2.45, 2.75) is 31.2 Å². The lowest BCUT2D eigenvalue weighted by Gasteiger charge is -2.05. The molecule has 10 heteroatoms. The summed E-state index contributed by atoms with van der Waals surface area (Å²) in [6.45, 7) is 0.0252. The number of amides is 1. The van der Waals surface area contributed by atoms with Crippen molar-refractivity contribution in [3.8, 4) is 11.8 Å². The third-order valence-electron chi connectivity index (χ3n) is 4.89. The van der Waals surface area contributed by atoms with Gasteiger partial charge in [-0.25, -0.2) is 4.98 Å². The van der Waals surface area contributed by atoms with E-state index in [1.165, 1.54) is 28.8 Å². The molecule has 4 rings (SSSR count). The maximum absolute atomic E-state index is 12.7. The Kier molecular flexibility index (Phi) is 6.58. The summed E-state index contributed by atoms with van der Waals surface area (Å²) in [7, 11) is 0. The Bertz CT molecular complexity index is 1290. The monoisotopic (exact) mass is 477 g/mol. The molecule has 0 fully saturated rings. The summed E-state index contributed by atoms with van der Waals surface area (Å²) in [4.78, 5) is 33.7. The highest BCUT2D eigenvalue weighted by Gasteiger charge is 2.30. The molecule has 1 aliphatic rings. The van der Waals surface area contributed by atoms with Crippen molar-refractivity contribution in [1.82, 2.24) is 15.3 Å². The zero-order chi connectivity index (χ0) is 22.7. The van der Waals surface area contributed by atoms with Crippen molar-refractivity contribution < 1.29 is 18.0 Å². The Morgan fingerprint density at radius 2 is 2.16 bits per heavy atom. The molecule has 1 aromatic carbocycles. The maximum atomic E-state index is 12.7. The minimum absolute atomic E-state index is 0.0252. The van der Waals surface area contributed by atoms with Crippen LogP contribution >= 0.6 is 23.1 Å². The van der Waals surface area contributed by atoms with Gasteiger partial charge in [0.1, 0.15) is 10.7 Å². The Labute approximate surface area is 189 Å². The average Bonchev–Trinajstić information content (AvgIpc) is 3.32. The first-order valence-electron chi connectivity index (χ1n) is 9.85. The van der Waals surface area contributed by atoms with Crippen molar-refractivity contribution in [1.29, 1.82) is 0 Å². The molecule has 1 amide bonds. The number of hydrogen-bond acceptors (Lipinski definition) is 5. The summed E-state index contributed by atoms with van der Waals surface area (Å²) in [6, 6.07) is 4.72. The lowest BCUT2D eigenvalue weighted by molar-refractivity contribution is -0.137. The smallest absolute Gasteiger partial charge is 0.344 e. The van der Waals surface area contributed by atoms with Gasteiger partial charge in [-0.05, 0) is 43.0 Å². The third-order valence-corrected chi connectivity index (χ3v) is 7.02. The quantitative estimate of drug-likeness (QED) is 0.547. The number of benzene rings is 1. The molecular weight excluding hydrogens is 459 g/mol. The second-order valence-corrected chi connectivity index (χ2v) is 9.27. The number of aromatic nitrogens is 2. The number of H-pyrrole nitrogens is 1. The van der Waals surface area contributed by atoms with E-state index in [4.69, 9.17) is 0 Å². The maximum Gasteiger partial charge on any atom is 0.416 e. The number of halogens is 3. The summed E-state index contributed by atoms with van der Waals surface area (Å²) >= 11 is 2.88. The van der Waals surface area contributed by atoms with Crippen LogP contribution in [0.5, 0.6) is 0 Å². The van der Waals surface area contributed by atoms with Gasteiger partial charge in [0.05, 0.1) is 29.0 Å². The van der Waals surface area contributed by atoms with E-state index in [1.807, 2.05) is 0 Å². The highest BCUT2D eigenvalue weighted by atomic mass is 32.2. The molecule has 32 heavy (non-hydrogen) atoms. The fourth-order valence-corrected chi connectivity index (χ4v) is 5.47. The first kappa shape index (κ1) is 22.4. The largest absolute Gasteiger partial charge is 0.416 e. The van der Waals surface area contributed by atoms with Crippen molar-refractivity contribution in [3.05, 3.63) is 62.0 Å². The molecule has 2 N–H and O–H groups in total. The van der Waals surface area contributed by atoms with Gasteiger partial charge in [-0.3, -0.25) is 9.59 Å². The SMILES string of the molecule is O=C(CSCc1nc2sc3c(c2c(=O)[nH]1)CCC3)NCC#Cc1cccc(C(F)(F)F)c1. The number of carbonyl (C=O) groups is 1. The van der Waals surface area contributed by atoms with E-state index in [-0.39, 0.29) is 29.3 Å². The summed E-state index contributed by atoms with van der Waals surface area (Å²) in [5.74, 6) is 6.07. The van der Waals surface area contributed by atoms with Crippen LogP contribution in [0.4, 0.5) is 13.2 Å². The highest BCUT2D eigenvalue weighted by molar-refractivity contribution is 7.99. The highest BCUT2D eigenvalue weighted by Crippen LogP contribution is 2.34. The van der Waals surface area contributed by atoms with E-state index in [0.717, 1.165) is 41.8 Å². The summed E-state index contributed by atoms with van der Waals surface area (Å²) in [5.41, 5.74) is 0.470. The van der Waals surface area contributed by atoms with Crippen molar-refractivity contribution in [2.24, 2.45) is 0 Å². The molecule has 0 aliphatic heterocycles. The van der Waals surface area contributed by atoms with E-state index in [0.29, 0.717) is 17.0 Å². The summed E-state index contributed by atoms with van der Waals surface area (Å²) in [6.07, 6.45) is -1.42. The lowest BCUT2D eigenvalue weighted by atomic mass is 10.1. The van der Waals surface area contributed by atoms with Gasteiger partial charge in [0, 0.05) is 10.4 Å². The standard InChI is InChI=1S/C22H18F3N3O2S2/c23-22(24,25)14-6-1-4-13(10-14)5-3-9-26-18(29)12-31-11-17-27-20(30)19-15-7-2-8-16(15)32-21(19)28-17/h1,4,6,10H,2,7-9,11-12H2,(H,26,29)(H,27,28,30). The Morgan fingerprint density at radius 1 is 1.31 bits per heavy atom. The normalized spacial score (nSPS) is 13.0. The zero-order valence-electron chi connectivity index (χ0n) is 16.8. The van der Waals surface area contributed by atoms with E-state index in [2.05, 4.69) is 27.1 Å². The van der Waals surface area contributed by atoms with Gasteiger partial charge >= 0.3 is 6.18 Å². The van der Waals surface area contributed by atoms with Gasteiger partial charge in [0.2, 0.25) is 5.91 Å². The Hall–Kier alpha value is -2.77. The molecule has 2 heterocycles. The minimum atomic E-state index is -4.42. The number of carbonyl (C=O) groups excluding carboxylic acids is 1. The van der Waals surface area contributed by atoms with E-state index in [1.54, 1.807) is 11.3 Å². The predicted molar refractivity (Wildman–Crippen MR) is 120 cm³/mol. The zero-order valence-corrected chi connectivity index (χ0v) is 18.4. The van der Waals surface area contributed by atoms with Gasteiger partial charge < -0.3 is 10.3 Å². The number of nitrogens with one attached hydrogen (secondary N) is 2. The molecule has 0 bridgehead atoms. The molecule has 0 saturated carbocycles. The second kappa shape index (κ2) is 9.38. The van der Waals surface area contributed by atoms with Crippen LogP contribution in [0.1, 0.15) is 33.8 Å². The second-order valence-electron chi connectivity index (χ2n) is 7.20. The molecule has 0 spiro atoms. The molecule has 0 atom stereocenters. The number of fused-ring (bicyclic) bond motifs is 3. The molecule has 0 saturated heterocycles. The molecule has 5 nitrogen and oxygen atoms in total. The number of thioether (sulfide) groups is 1. The number of thiophene rings is 1. The van der Waals surface area contributed by atoms with Gasteiger partial charge in [-0.15, -0.1) is 23.1 Å². The van der Waals surface area contributed by atoms with Crippen molar-refractivity contribution in [3.63, 3.8) is 0 Å². The first-order valence-corrected chi connectivity index (χ1v) is 11.8. The van der Waals surface area contributed by atoms with Crippen LogP contribution in [0.15, 0.2) is 29.1 Å². The summed E-state index contributed by atoms with van der Waals surface area (Å²) < 4.78 is 38.1. The number of aromatic amines is 1. The Morgan fingerprint density at radius 3 is 2.97 bits per heavy atom. The van der Waals surface area contributed by atoms with Crippen molar-refractivity contribution >= 4 is 39.2 Å². The molecule has 2 aromatic heterocycles. The van der Waals surface area contributed by atoms with Crippen molar-refractivity contribution in [2.75, 3.05) is 12.3 Å². The van der Waals surface area contributed by atoms with Gasteiger partial charge in [0.15, 0.2) is 0 Å². The lowest BCUT2D eigenvalue weighted by Crippen LogP contribution is -2.25. The van der Waals surface area contributed by atoms with Gasteiger partial charge in [0.25, 0.3) is 5.56 Å². The van der Waals surface area contributed by atoms with Crippen LogP contribution in [-0.2, 0) is 29.6 Å². The van der Waals surface area contributed by atoms with Crippen LogP contribution in [0.25, 0.3) is 10.2 Å². The molecule has 1 aliphatic carbocycles.